The van der Waals surface area contributed by atoms with Crippen LogP contribution in [0.1, 0.15) is 11.5 Å². The van der Waals surface area contributed by atoms with Gasteiger partial charge in [0.1, 0.15) is 12.4 Å². The number of fused-ring (bicyclic) bond motifs is 3. The molecule has 0 saturated carbocycles. The maximum Gasteiger partial charge on any atom is 0.220 e. The van der Waals surface area contributed by atoms with Gasteiger partial charge in [0, 0.05) is 27.6 Å². The van der Waals surface area contributed by atoms with Crippen molar-refractivity contribution in [3.05, 3.63) is 71.3 Å². The largest absolute Gasteiger partial charge is 0.486 e. The minimum absolute atomic E-state index is 0.166. The number of H-pyrrole nitrogens is 1. The van der Waals surface area contributed by atoms with Crippen LogP contribution in [0.4, 0.5) is 0 Å². The lowest BCUT2D eigenvalue weighted by atomic mass is 10.0. The smallest absolute Gasteiger partial charge is 0.220 e. The van der Waals surface area contributed by atoms with Crippen LogP contribution in [0.5, 0.6) is 17.5 Å². The molecule has 0 spiro atoms. The Balaban J connectivity index is 1.51. The highest BCUT2D eigenvalue weighted by Gasteiger charge is 2.14. The molecule has 0 radical (unpaired) electrons. The molecule has 3 aromatic heterocycles. The highest BCUT2D eigenvalue weighted by Crippen LogP contribution is 2.37. The van der Waals surface area contributed by atoms with Crippen molar-refractivity contribution < 1.29 is 14.2 Å². The summed E-state index contributed by atoms with van der Waals surface area (Å²) in [7, 11) is 3.09. The zero-order valence-corrected chi connectivity index (χ0v) is 19.1. The fraction of sp³-hybridized carbons (Fsp3) is 0.160. The Morgan fingerprint density at radius 2 is 1.70 bits per heavy atom. The average Bonchev–Trinajstić information content (AvgIpc) is 3.22. The molecule has 3 heterocycles. The first kappa shape index (κ1) is 21.0. The zero-order chi connectivity index (χ0) is 22.9. The summed E-state index contributed by atoms with van der Waals surface area (Å²) < 4.78 is 16.4. The van der Waals surface area contributed by atoms with E-state index in [-0.39, 0.29) is 6.61 Å². The van der Waals surface area contributed by atoms with Crippen LogP contribution in [0.2, 0.25) is 5.02 Å². The number of nitrogens with one attached hydrogen (secondary N) is 1. The van der Waals surface area contributed by atoms with Gasteiger partial charge in [0.25, 0.3) is 0 Å². The number of hydrogen-bond donors (Lipinski definition) is 1. The van der Waals surface area contributed by atoms with E-state index in [1.165, 1.54) is 0 Å². The van der Waals surface area contributed by atoms with Crippen LogP contribution in [0.3, 0.4) is 0 Å². The molecule has 7 nitrogen and oxygen atoms in total. The van der Waals surface area contributed by atoms with Gasteiger partial charge >= 0.3 is 0 Å². The number of rotatable bonds is 6. The summed E-state index contributed by atoms with van der Waals surface area (Å²) in [5.41, 5.74) is 4.91. The summed E-state index contributed by atoms with van der Waals surface area (Å²) in [5.74, 6) is 1.97. The van der Waals surface area contributed by atoms with E-state index in [1.54, 1.807) is 20.3 Å². The third kappa shape index (κ3) is 4.03. The number of pyridine rings is 1. The number of benzene rings is 2. The molecular formula is C25H21ClN4O3. The average molecular weight is 461 g/mol. The van der Waals surface area contributed by atoms with E-state index >= 15 is 0 Å². The number of halogens is 1. The Morgan fingerprint density at radius 1 is 0.909 bits per heavy atom. The minimum Gasteiger partial charge on any atom is -0.486 e. The van der Waals surface area contributed by atoms with Gasteiger partial charge in [-0.1, -0.05) is 23.7 Å². The Hall–Kier alpha value is -3.84. The van der Waals surface area contributed by atoms with E-state index in [1.807, 2.05) is 55.6 Å². The van der Waals surface area contributed by atoms with Gasteiger partial charge in [-0.25, -0.2) is 0 Å². The Kier molecular flexibility index (Phi) is 5.48. The molecule has 0 atom stereocenters. The van der Waals surface area contributed by atoms with Crippen molar-refractivity contribution in [2.45, 2.75) is 13.5 Å². The molecule has 166 valence electrons. The second kappa shape index (κ2) is 8.60. The van der Waals surface area contributed by atoms with Crippen LogP contribution in [-0.2, 0) is 6.61 Å². The van der Waals surface area contributed by atoms with Gasteiger partial charge < -0.3 is 19.2 Å². The monoisotopic (exact) mass is 460 g/mol. The van der Waals surface area contributed by atoms with Crippen LogP contribution in [0.25, 0.3) is 32.9 Å². The molecule has 1 N–H and O–H groups in total. The van der Waals surface area contributed by atoms with E-state index < -0.39 is 0 Å². The topological polar surface area (TPSA) is 82.1 Å². The van der Waals surface area contributed by atoms with Gasteiger partial charge in [0.05, 0.1) is 37.0 Å². The number of aromatic nitrogens is 4. The molecule has 0 fully saturated rings. The highest BCUT2D eigenvalue weighted by molar-refractivity contribution is 6.32. The number of hydrogen-bond acceptors (Lipinski definition) is 6. The molecule has 0 unspecified atom stereocenters. The van der Waals surface area contributed by atoms with Crippen molar-refractivity contribution in [1.29, 1.82) is 0 Å². The maximum atomic E-state index is 6.51. The van der Waals surface area contributed by atoms with Crippen LogP contribution in [0, 0.1) is 6.92 Å². The molecular weight excluding hydrogens is 440 g/mol. The van der Waals surface area contributed by atoms with Gasteiger partial charge in [-0.15, -0.1) is 0 Å². The standard InChI is InChI=1S/C25H21ClN4O3/c1-14-24-18(7-8-27-14)20-11-16(26)10-19(25(20)30-24)15-5-4-6-17(9-15)33-13-21-28-22(31-2)12-23(29-21)32-3/h4-12,30H,13H2,1-3H3. The van der Waals surface area contributed by atoms with Crippen LogP contribution in [-0.4, -0.2) is 34.2 Å². The summed E-state index contributed by atoms with van der Waals surface area (Å²) in [6, 6.07) is 15.4. The van der Waals surface area contributed by atoms with Crippen LogP contribution >= 0.6 is 11.6 Å². The van der Waals surface area contributed by atoms with Crippen molar-refractivity contribution in [2.24, 2.45) is 0 Å². The second-order valence-corrected chi connectivity index (χ2v) is 7.94. The summed E-state index contributed by atoms with van der Waals surface area (Å²) >= 11 is 6.51. The SMILES string of the molecule is COc1cc(OC)nc(COc2cccc(-c3cc(Cl)cc4c3[nH]c3c(C)nccc34)c2)n1. The summed E-state index contributed by atoms with van der Waals surface area (Å²) in [5, 5.41) is 2.81. The van der Waals surface area contributed by atoms with Gasteiger partial charge in [-0.2, -0.15) is 9.97 Å². The van der Waals surface area contributed by atoms with E-state index in [0.29, 0.717) is 28.4 Å². The highest BCUT2D eigenvalue weighted by atomic mass is 35.5. The van der Waals surface area contributed by atoms with Crippen LogP contribution in [0.15, 0.2) is 54.7 Å². The van der Waals surface area contributed by atoms with Crippen molar-refractivity contribution >= 4 is 33.4 Å². The lowest BCUT2D eigenvalue weighted by Gasteiger charge is -2.10. The fourth-order valence-corrected chi connectivity index (χ4v) is 4.10. The molecule has 0 bridgehead atoms. The molecule has 0 aliphatic heterocycles. The van der Waals surface area contributed by atoms with Gasteiger partial charge in [-0.3, -0.25) is 4.98 Å². The van der Waals surface area contributed by atoms with E-state index in [9.17, 15) is 0 Å². The van der Waals surface area contributed by atoms with E-state index in [0.717, 1.165) is 38.6 Å². The predicted molar refractivity (Wildman–Crippen MR) is 128 cm³/mol. The van der Waals surface area contributed by atoms with Gasteiger partial charge in [0.15, 0.2) is 5.82 Å². The summed E-state index contributed by atoms with van der Waals surface area (Å²) in [4.78, 5) is 16.6. The third-order valence-electron chi connectivity index (χ3n) is 5.44. The lowest BCUT2D eigenvalue weighted by molar-refractivity contribution is 0.287. The van der Waals surface area contributed by atoms with E-state index in [2.05, 4.69) is 19.9 Å². The van der Waals surface area contributed by atoms with Gasteiger partial charge in [-0.05, 0) is 42.8 Å². The van der Waals surface area contributed by atoms with Crippen molar-refractivity contribution in [1.82, 2.24) is 19.9 Å². The zero-order valence-electron chi connectivity index (χ0n) is 18.3. The minimum atomic E-state index is 0.166. The molecule has 2 aromatic carbocycles. The number of aryl methyl sites for hydroxylation is 1. The van der Waals surface area contributed by atoms with Gasteiger partial charge in [0.2, 0.25) is 11.8 Å². The predicted octanol–water partition coefficient (Wildman–Crippen LogP) is 5.73. The number of methoxy groups -OCH3 is 2. The molecule has 0 saturated heterocycles. The van der Waals surface area contributed by atoms with Crippen LogP contribution < -0.4 is 14.2 Å². The first-order valence-electron chi connectivity index (χ1n) is 10.3. The molecule has 0 aliphatic carbocycles. The molecule has 8 heteroatoms. The molecule has 5 aromatic rings. The van der Waals surface area contributed by atoms with E-state index in [4.69, 9.17) is 25.8 Å². The lowest BCUT2D eigenvalue weighted by Crippen LogP contribution is -2.04. The number of ether oxygens (including phenoxy) is 3. The normalized spacial score (nSPS) is 11.2. The van der Waals surface area contributed by atoms with Crippen molar-refractivity contribution in [3.8, 4) is 28.6 Å². The number of nitrogens with zero attached hydrogens (tertiary/aromatic N) is 3. The first-order valence-corrected chi connectivity index (χ1v) is 10.7. The summed E-state index contributed by atoms with van der Waals surface area (Å²) in [6.45, 7) is 2.16. The maximum absolute atomic E-state index is 6.51. The van der Waals surface area contributed by atoms with Crippen molar-refractivity contribution in [2.75, 3.05) is 14.2 Å². The summed E-state index contributed by atoms with van der Waals surface area (Å²) in [6.07, 6.45) is 1.82. The fourth-order valence-electron chi connectivity index (χ4n) is 3.88. The third-order valence-corrected chi connectivity index (χ3v) is 5.66. The van der Waals surface area contributed by atoms with Crippen molar-refractivity contribution in [3.63, 3.8) is 0 Å². The molecule has 5 rings (SSSR count). The Bertz CT molecular complexity index is 1460. The molecule has 33 heavy (non-hydrogen) atoms. The Labute approximate surface area is 195 Å². The molecule has 0 aliphatic rings. The Morgan fingerprint density at radius 3 is 2.45 bits per heavy atom. The molecule has 0 amide bonds. The quantitative estimate of drug-likeness (QED) is 0.348. The number of aromatic amines is 1. The second-order valence-electron chi connectivity index (χ2n) is 7.51. The first-order chi connectivity index (χ1) is 16.1.